The second-order valence-corrected chi connectivity index (χ2v) is 23.2. The molecule has 0 bridgehead atoms. The Labute approximate surface area is 360 Å². The van der Waals surface area contributed by atoms with Crippen molar-refractivity contribution in [1.82, 2.24) is 34.4 Å². The minimum atomic E-state index is -2.10. The van der Waals surface area contributed by atoms with Gasteiger partial charge in [0.25, 0.3) is 5.56 Å². The lowest BCUT2D eigenvalue weighted by Gasteiger charge is -2.36. The molecule has 1 aromatic carbocycles. The quantitative estimate of drug-likeness (QED) is 0.129. The Morgan fingerprint density at radius 3 is 2.36 bits per heavy atom. The molecule has 1 aliphatic heterocycles. The van der Waals surface area contributed by atoms with Gasteiger partial charge in [-0.1, -0.05) is 73.8 Å². The molecule has 1 aliphatic rings. The monoisotopic (exact) mass is 881 g/mol. The summed E-state index contributed by atoms with van der Waals surface area (Å²) in [4.78, 5) is 49.8. The number of amides is 2. The van der Waals surface area contributed by atoms with E-state index < -0.39 is 20.0 Å². The molecule has 0 radical (unpaired) electrons. The Hall–Kier alpha value is -4.47. The Bertz CT molecular complexity index is 2490. The Morgan fingerprint density at radius 2 is 1.71 bits per heavy atom. The molecule has 0 spiro atoms. The van der Waals surface area contributed by atoms with Crippen molar-refractivity contribution < 1.29 is 23.5 Å². The molecule has 1 unspecified atom stereocenters. The summed E-state index contributed by atoms with van der Waals surface area (Å²) in [5.41, 5.74) is 3.07. The second kappa shape index (κ2) is 16.9. The zero-order valence-corrected chi connectivity index (χ0v) is 38.3. The molecule has 5 aromatic rings. The number of fused-ring (bicyclic) bond motifs is 1. The predicted molar refractivity (Wildman–Crippen MR) is 234 cm³/mol. The summed E-state index contributed by atoms with van der Waals surface area (Å²) in [7, 11) is 1.06. The Balaban J connectivity index is 1.32. The fraction of sp³-hybridized carbons (Fsp3) is 0.429. The van der Waals surface area contributed by atoms with Crippen LogP contribution in [-0.4, -0.2) is 74.7 Å². The average molecular weight is 883 g/mol. The molecular formula is C42H50Cl3N7O6Si. The maximum Gasteiger partial charge on any atom is 0.410 e. The van der Waals surface area contributed by atoms with E-state index in [1.54, 1.807) is 62.9 Å². The van der Waals surface area contributed by atoms with Gasteiger partial charge in [0.2, 0.25) is 11.8 Å². The summed E-state index contributed by atoms with van der Waals surface area (Å²) in [6.45, 7) is 16.6. The molecule has 4 aromatic heterocycles. The van der Waals surface area contributed by atoms with Crippen molar-refractivity contribution in [2.75, 3.05) is 13.7 Å². The van der Waals surface area contributed by atoms with Gasteiger partial charge in [-0.2, -0.15) is 5.10 Å². The Kier molecular flexibility index (Phi) is 12.6. The first-order chi connectivity index (χ1) is 27.6. The van der Waals surface area contributed by atoms with Gasteiger partial charge in [-0.25, -0.2) is 14.3 Å². The summed E-state index contributed by atoms with van der Waals surface area (Å²) in [6, 6.07) is 10.4. The second-order valence-electron chi connectivity index (χ2n) is 17.2. The molecule has 0 aliphatic carbocycles. The van der Waals surface area contributed by atoms with Crippen LogP contribution in [-0.2, 0) is 34.2 Å². The number of hydrogen-bond donors (Lipinski definition) is 1. The van der Waals surface area contributed by atoms with Crippen molar-refractivity contribution >= 4 is 60.6 Å². The minimum Gasteiger partial charge on any atom is -0.481 e. The molecule has 314 valence electrons. The van der Waals surface area contributed by atoms with E-state index in [0.717, 1.165) is 0 Å². The molecule has 1 fully saturated rings. The number of benzene rings is 1. The number of ether oxygens (including phenoxy) is 2. The summed E-state index contributed by atoms with van der Waals surface area (Å²) < 4.78 is 20.9. The van der Waals surface area contributed by atoms with Crippen LogP contribution < -0.4 is 15.6 Å². The SMILES string of the molecule is COc1nc(-c2cccc(-c3ccnc(-c4cc5c(=O)n(C)c(CO[Si](C)(C)C(C)(C)C)nn5c4)c3Cl)c2Cl)cc(Cl)c1CN(CC1CCC(=O)N1)C(=O)OC(C)(C)C. The lowest BCUT2D eigenvalue weighted by molar-refractivity contribution is -0.119. The van der Waals surface area contributed by atoms with Crippen LogP contribution in [0, 0.1) is 0 Å². The third kappa shape index (κ3) is 9.47. The number of carbonyl (C=O) groups excluding carboxylic acids is 2. The van der Waals surface area contributed by atoms with E-state index in [9.17, 15) is 14.4 Å². The number of halogens is 3. The highest BCUT2D eigenvalue weighted by atomic mass is 35.5. The van der Waals surface area contributed by atoms with E-state index >= 15 is 0 Å². The number of methoxy groups -OCH3 is 1. The normalized spacial score (nSPS) is 14.8. The van der Waals surface area contributed by atoms with Crippen molar-refractivity contribution in [3.05, 3.63) is 85.6 Å². The summed E-state index contributed by atoms with van der Waals surface area (Å²) in [6.07, 6.45) is 3.78. The molecule has 17 heteroatoms. The molecule has 1 N–H and O–H groups in total. The van der Waals surface area contributed by atoms with Gasteiger partial charge in [0, 0.05) is 60.7 Å². The molecule has 1 saturated heterocycles. The number of nitrogens with zero attached hydrogens (tertiary/aromatic N) is 6. The molecule has 13 nitrogen and oxygen atoms in total. The van der Waals surface area contributed by atoms with E-state index in [0.29, 0.717) is 73.4 Å². The topological polar surface area (TPSA) is 142 Å². The van der Waals surface area contributed by atoms with Gasteiger partial charge in [-0.05, 0) is 63.5 Å². The van der Waals surface area contributed by atoms with Crippen molar-refractivity contribution in [2.45, 2.75) is 97.3 Å². The lowest BCUT2D eigenvalue weighted by Crippen LogP contribution is -2.43. The smallest absolute Gasteiger partial charge is 0.410 e. The van der Waals surface area contributed by atoms with Crippen LogP contribution >= 0.6 is 34.8 Å². The third-order valence-electron chi connectivity index (χ3n) is 10.8. The molecular weight excluding hydrogens is 833 g/mol. The van der Waals surface area contributed by atoms with Crippen molar-refractivity contribution in [3.63, 3.8) is 0 Å². The number of carbonyl (C=O) groups is 2. The van der Waals surface area contributed by atoms with Crippen molar-refractivity contribution in [1.29, 1.82) is 0 Å². The van der Waals surface area contributed by atoms with Gasteiger partial charge in [0.1, 0.15) is 11.1 Å². The maximum atomic E-state index is 13.5. The van der Waals surface area contributed by atoms with Gasteiger partial charge in [0.15, 0.2) is 14.1 Å². The fourth-order valence-corrected chi connectivity index (χ4v) is 8.27. The highest BCUT2D eigenvalue weighted by Gasteiger charge is 2.37. The number of aromatic nitrogens is 5. The maximum absolute atomic E-state index is 13.5. The van der Waals surface area contributed by atoms with Gasteiger partial charge in [-0.15, -0.1) is 0 Å². The van der Waals surface area contributed by atoms with E-state index in [1.165, 1.54) is 16.6 Å². The van der Waals surface area contributed by atoms with Crippen LogP contribution in [0.5, 0.6) is 5.88 Å². The van der Waals surface area contributed by atoms with Gasteiger partial charge in [0.05, 0.1) is 52.3 Å². The van der Waals surface area contributed by atoms with Crippen LogP contribution in [0.25, 0.3) is 39.2 Å². The van der Waals surface area contributed by atoms with Crippen LogP contribution in [0.15, 0.2) is 53.6 Å². The molecule has 6 rings (SSSR count). The average Bonchev–Trinajstić information content (AvgIpc) is 3.77. The molecule has 5 heterocycles. The minimum absolute atomic E-state index is 0.00213. The van der Waals surface area contributed by atoms with E-state index in [2.05, 4.69) is 44.2 Å². The largest absolute Gasteiger partial charge is 0.481 e. The Morgan fingerprint density at radius 1 is 1.02 bits per heavy atom. The summed E-state index contributed by atoms with van der Waals surface area (Å²) in [5, 5.41) is 8.61. The van der Waals surface area contributed by atoms with Crippen LogP contribution in [0.4, 0.5) is 4.79 Å². The van der Waals surface area contributed by atoms with Crippen molar-refractivity contribution in [3.8, 4) is 39.5 Å². The van der Waals surface area contributed by atoms with Crippen molar-refractivity contribution in [2.24, 2.45) is 7.05 Å². The highest BCUT2D eigenvalue weighted by Crippen LogP contribution is 2.43. The van der Waals surface area contributed by atoms with Crippen LogP contribution in [0.1, 0.15) is 65.8 Å². The number of nitrogens with one attached hydrogen (secondary N) is 1. The van der Waals surface area contributed by atoms with Gasteiger partial charge >= 0.3 is 6.09 Å². The lowest BCUT2D eigenvalue weighted by atomic mass is 10.00. The standard InChI is InChI=1S/C42H50Cl3N7O6Si/c1-41(2,3)58-40(55)51(21-25-14-15-34(53)47-25)22-29-30(43)19-31(48-38(29)56-8)28-13-11-12-26(35(28)44)27-16-17-46-37(36(27)45)24-18-32-39(54)50(7)33(49-52(32)20-24)23-57-59(9,10)42(4,5)6/h11-13,16-20,25H,14-15,21-23H2,1-10H3,(H,47,53). The number of rotatable bonds is 11. The number of pyridine rings is 2. The van der Waals surface area contributed by atoms with E-state index in [-0.39, 0.29) is 53.1 Å². The third-order valence-corrected chi connectivity index (χ3v) is 16.4. The highest BCUT2D eigenvalue weighted by molar-refractivity contribution is 6.74. The first kappa shape index (κ1) is 44.1. The van der Waals surface area contributed by atoms with Gasteiger partial charge < -0.3 is 24.1 Å². The zero-order chi connectivity index (χ0) is 43.2. The fourth-order valence-electron chi connectivity index (χ4n) is 6.45. The number of hydrogen-bond acceptors (Lipinski definition) is 9. The molecule has 0 saturated carbocycles. The first-order valence-electron chi connectivity index (χ1n) is 19.3. The van der Waals surface area contributed by atoms with E-state index in [1.807, 2.05) is 18.2 Å². The van der Waals surface area contributed by atoms with Crippen LogP contribution in [0.3, 0.4) is 0 Å². The predicted octanol–water partition coefficient (Wildman–Crippen LogP) is 9.33. The van der Waals surface area contributed by atoms with Gasteiger partial charge in [-0.3, -0.25) is 19.1 Å². The van der Waals surface area contributed by atoms with Crippen LogP contribution in [0.2, 0.25) is 33.2 Å². The zero-order valence-electron chi connectivity index (χ0n) is 35.0. The first-order valence-corrected chi connectivity index (χ1v) is 23.3. The summed E-state index contributed by atoms with van der Waals surface area (Å²) in [5.74, 6) is 0.630. The molecule has 2 amide bonds. The molecule has 1 atom stereocenters. The summed E-state index contributed by atoms with van der Waals surface area (Å²) >= 11 is 21.2. The molecule has 59 heavy (non-hydrogen) atoms. The van der Waals surface area contributed by atoms with E-state index in [4.69, 9.17) is 58.8 Å².